The number of rotatable bonds is 2. The summed E-state index contributed by atoms with van der Waals surface area (Å²) >= 11 is 6.11. The number of hydrogen-bond acceptors (Lipinski definition) is 3. The normalized spacial score (nSPS) is 10.6. The maximum atomic E-state index is 13.4. The Kier molecular flexibility index (Phi) is 2.93. The van der Waals surface area contributed by atoms with Crippen LogP contribution in [0, 0.1) is 5.82 Å². The molecule has 0 bridgehead atoms. The fourth-order valence-electron chi connectivity index (χ4n) is 1.56. The maximum Gasteiger partial charge on any atom is 0.141 e. The predicted molar refractivity (Wildman–Crippen MR) is 64.6 cm³/mol. The van der Waals surface area contributed by atoms with E-state index in [9.17, 15) is 4.39 Å². The second kappa shape index (κ2) is 4.25. The minimum Gasteiger partial charge on any atom is -0.495 e. The molecule has 2 rings (SSSR count). The maximum absolute atomic E-state index is 13.4. The molecule has 0 atom stereocenters. The van der Waals surface area contributed by atoms with E-state index < -0.39 is 5.82 Å². The van der Waals surface area contributed by atoms with Crippen LogP contribution < -0.4 is 10.5 Å². The molecular weight excluding hydrogens is 245 g/mol. The Morgan fingerprint density at radius 2 is 2.12 bits per heavy atom. The Morgan fingerprint density at radius 1 is 1.41 bits per heavy atom. The predicted octanol–water partition coefficient (Wildman–Crippen LogP) is 2.47. The molecule has 17 heavy (non-hydrogen) atoms. The van der Waals surface area contributed by atoms with Crippen molar-refractivity contribution in [3.8, 4) is 16.9 Å². The van der Waals surface area contributed by atoms with E-state index in [1.807, 2.05) is 0 Å². The molecule has 1 heterocycles. The second-order valence-corrected chi connectivity index (χ2v) is 3.91. The van der Waals surface area contributed by atoms with Crippen LogP contribution >= 0.6 is 11.6 Å². The fourth-order valence-corrected chi connectivity index (χ4v) is 1.85. The van der Waals surface area contributed by atoms with Gasteiger partial charge in [0, 0.05) is 24.2 Å². The average Bonchev–Trinajstić information content (AvgIpc) is 2.63. The summed E-state index contributed by atoms with van der Waals surface area (Å²) in [6.07, 6.45) is 1.54. The van der Waals surface area contributed by atoms with Gasteiger partial charge in [-0.15, -0.1) is 0 Å². The van der Waals surface area contributed by atoms with Crippen molar-refractivity contribution in [2.75, 3.05) is 12.8 Å². The van der Waals surface area contributed by atoms with E-state index >= 15 is 0 Å². The van der Waals surface area contributed by atoms with Crippen molar-refractivity contribution < 1.29 is 9.13 Å². The van der Waals surface area contributed by atoms with Crippen LogP contribution in [-0.4, -0.2) is 16.9 Å². The number of ether oxygens (including phenoxy) is 1. The van der Waals surface area contributed by atoms with Gasteiger partial charge < -0.3 is 10.5 Å². The van der Waals surface area contributed by atoms with Crippen molar-refractivity contribution >= 4 is 17.4 Å². The molecule has 0 aliphatic rings. The Labute approximate surface area is 103 Å². The summed E-state index contributed by atoms with van der Waals surface area (Å²) in [6.45, 7) is 0. The molecular formula is C11H11ClFN3O. The third-order valence-electron chi connectivity index (χ3n) is 2.50. The number of hydrogen-bond donors (Lipinski definition) is 1. The minimum atomic E-state index is -0.440. The lowest BCUT2D eigenvalue weighted by atomic mass is 10.1. The summed E-state index contributed by atoms with van der Waals surface area (Å²) in [5.41, 5.74) is 6.87. The van der Waals surface area contributed by atoms with E-state index in [1.54, 1.807) is 7.05 Å². The van der Waals surface area contributed by atoms with Gasteiger partial charge in [0.25, 0.3) is 0 Å². The van der Waals surface area contributed by atoms with Crippen molar-refractivity contribution in [2.24, 2.45) is 7.05 Å². The van der Waals surface area contributed by atoms with Gasteiger partial charge in [-0.3, -0.25) is 4.68 Å². The third-order valence-corrected chi connectivity index (χ3v) is 2.89. The van der Waals surface area contributed by atoms with Gasteiger partial charge in [0.2, 0.25) is 0 Å². The highest BCUT2D eigenvalue weighted by molar-refractivity contribution is 6.35. The first-order valence-electron chi connectivity index (χ1n) is 4.85. The van der Waals surface area contributed by atoms with Gasteiger partial charge in [0.05, 0.1) is 18.3 Å². The first kappa shape index (κ1) is 11.7. The lowest BCUT2D eigenvalue weighted by Gasteiger charge is -2.08. The van der Waals surface area contributed by atoms with E-state index in [2.05, 4.69) is 5.10 Å². The van der Waals surface area contributed by atoms with Crippen LogP contribution in [0.15, 0.2) is 18.3 Å². The standard InChI is InChI=1S/C11H11ClFN3O/c1-16-11(14)8(5-15-16)7-3-6(13)4-9(17-2)10(7)12/h3-5H,14H2,1-2H3. The SMILES string of the molecule is COc1cc(F)cc(-c2cnn(C)c2N)c1Cl. The molecule has 0 amide bonds. The number of nitrogens with zero attached hydrogens (tertiary/aromatic N) is 2. The zero-order valence-electron chi connectivity index (χ0n) is 9.37. The highest BCUT2D eigenvalue weighted by Crippen LogP contribution is 2.38. The number of anilines is 1. The van der Waals surface area contributed by atoms with Crippen molar-refractivity contribution in [3.63, 3.8) is 0 Å². The van der Waals surface area contributed by atoms with Gasteiger partial charge in [0.1, 0.15) is 17.4 Å². The Balaban J connectivity index is 2.67. The molecule has 1 aromatic heterocycles. The van der Waals surface area contributed by atoms with Gasteiger partial charge >= 0.3 is 0 Å². The summed E-state index contributed by atoms with van der Waals surface area (Å²) < 4.78 is 19.9. The first-order chi connectivity index (χ1) is 8.04. The van der Waals surface area contributed by atoms with Crippen LogP contribution in [-0.2, 0) is 7.05 Å². The lowest BCUT2D eigenvalue weighted by Crippen LogP contribution is -1.98. The number of nitrogen functional groups attached to an aromatic ring is 1. The number of aromatic nitrogens is 2. The molecule has 0 aliphatic carbocycles. The number of methoxy groups -OCH3 is 1. The smallest absolute Gasteiger partial charge is 0.141 e. The van der Waals surface area contributed by atoms with E-state index in [0.717, 1.165) is 0 Å². The summed E-state index contributed by atoms with van der Waals surface area (Å²) in [7, 11) is 3.13. The van der Waals surface area contributed by atoms with Crippen LogP contribution in [0.3, 0.4) is 0 Å². The zero-order valence-corrected chi connectivity index (χ0v) is 10.1. The van der Waals surface area contributed by atoms with Crippen molar-refractivity contribution in [1.29, 1.82) is 0 Å². The molecule has 0 saturated carbocycles. The summed E-state index contributed by atoms with van der Waals surface area (Å²) in [4.78, 5) is 0. The summed E-state index contributed by atoms with van der Waals surface area (Å²) in [5.74, 6) is 0.244. The number of aryl methyl sites for hydroxylation is 1. The largest absolute Gasteiger partial charge is 0.495 e. The number of halogens is 2. The molecule has 6 heteroatoms. The Morgan fingerprint density at radius 3 is 2.65 bits per heavy atom. The zero-order chi connectivity index (χ0) is 12.6. The molecule has 0 saturated heterocycles. The van der Waals surface area contributed by atoms with Crippen molar-refractivity contribution in [3.05, 3.63) is 29.2 Å². The summed E-state index contributed by atoms with van der Waals surface area (Å²) in [5, 5.41) is 4.30. The molecule has 2 aromatic rings. The van der Waals surface area contributed by atoms with E-state index in [1.165, 1.54) is 30.1 Å². The average molecular weight is 256 g/mol. The van der Waals surface area contributed by atoms with Gasteiger partial charge in [-0.1, -0.05) is 11.6 Å². The molecule has 0 aliphatic heterocycles. The van der Waals surface area contributed by atoms with Crippen LogP contribution in [0.4, 0.5) is 10.2 Å². The molecule has 4 nitrogen and oxygen atoms in total. The fraction of sp³-hybridized carbons (Fsp3) is 0.182. The molecule has 0 spiro atoms. The number of nitrogens with two attached hydrogens (primary N) is 1. The lowest BCUT2D eigenvalue weighted by molar-refractivity contribution is 0.412. The molecule has 90 valence electrons. The topological polar surface area (TPSA) is 53.1 Å². The van der Waals surface area contributed by atoms with Crippen LogP contribution in [0.2, 0.25) is 5.02 Å². The first-order valence-corrected chi connectivity index (χ1v) is 5.23. The second-order valence-electron chi connectivity index (χ2n) is 3.54. The van der Waals surface area contributed by atoms with Crippen LogP contribution in [0.5, 0.6) is 5.75 Å². The van der Waals surface area contributed by atoms with Gasteiger partial charge in [-0.25, -0.2) is 4.39 Å². The quantitative estimate of drug-likeness (QED) is 0.897. The Bertz CT molecular complexity index is 568. The molecule has 0 radical (unpaired) electrons. The highest BCUT2D eigenvalue weighted by Gasteiger charge is 2.15. The van der Waals surface area contributed by atoms with Crippen molar-refractivity contribution in [1.82, 2.24) is 9.78 Å². The van der Waals surface area contributed by atoms with E-state index in [-0.39, 0.29) is 5.75 Å². The highest BCUT2D eigenvalue weighted by atomic mass is 35.5. The molecule has 0 fully saturated rings. The van der Waals surface area contributed by atoms with Gasteiger partial charge in [-0.2, -0.15) is 5.10 Å². The minimum absolute atomic E-state index is 0.268. The monoisotopic (exact) mass is 255 g/mol. The van der Waals surface area contributed by atoms with Crippen LogP contribution in [0.1, 0.15) is 0 Å². The van der Waals surface area contributed by atoms with Gasteiger partial charge in [0.15, 0.2) is 0 Å². The molecule has 1 aromatic carbocycles. The van der Waals surface area contributed by atoms with Crippen LogP contribution in [0.25, 0.3) is 11.1 Å². The third kappa shape index (κ3) is 1.93. The van der Waals surface area contributed by atoms with E-state index in [0.29, 0.717) is 22.0 Å². The number of benzene rings is 1. The molecule has 0 unspecified atom stereocenters. The van der Waals surface area contributed by atoms with Gasteiger partial charge in [-0.05, 0) is 6.07 Å². The summed E-state index contributed by atoms with van der Waals surface area (Å²) in [6, 6.07) is 2.52. The van der Waals surface area contributed by atoms with Crippen molar-refractivity contribution in [2.45, 2.75) is 0 Å². The van der Waals surface area contributed by atoms with E-state index in [4.69, 9.17) is 22.1 Å². The molecule has 2 N–H and O–H groups in total. The Hall–Kier alpha value is -1.75.